The van der Waals surface area contributed by atoms with Crippen molar-refractivity contribution in [2.75, 3.05) is 25.1 Å². The van der Waals surface area contributed by atoms with Crippen LogP contribution in [0.2, 0.25) is 5.02 Å². The van der Waals surface area contributed by atoms with E-state index in [0.717, 1.165) is 22.8 Å². The minimum atomic E-state index is 0.0961. The number of hydrogen-bond acceptors (Lipinski definition) is 3. The number of benzene rings is 1. The smallest absolute Gasteiger partial charge is 0.0642 e. The third-order valence-electron chi connectivity index (χ3n) is 2.68. The topological polar surface area (TPSA) is 35.5 Å². The molecular formula is C14H23ClN2O. The molecule has 0 unspecified atom stereocenters. The second-order valence-electron chi connectivity index (χ2n) is 5.53. The highest BCUT2D eigenvalue weighted by molar-refractivity contribution is 6.33. The molecule has 0 saturated carbocycles. The Bertz CT molecular complexity index is 388. The van der Waals surface area contributed by atoms with Gasteiger partial charge in [0.05, 0.1) is 17.3 Å². The van der Waals surface area contributed by atoms with Gasteiger partial charge in [-0.15, -0.1) is 0 Å². The molecule has 0 spiro atoms. The van der Waals surface area contributed by atoms with E-state index in [1.165, 1.54) is 0 Å². The van der Waals surface area contributed by atoms with Crippen molar-refractivity contribution >= 4 is 17.3 Å². The van der Waals surface area contributed by atoms with Gasteiger partial charge in [0.2, 0.25) is 0 Å². The molecule has 0 saturated heterocycles. The van der Waals surface area contributed by atoms with Crippen molar-refractivity contribution in [1.29, 1.82) is 0 Å². The second kappa shape index (κ2) is 6.41. The molecule has 0 aromatic heterocycles. The molecule has 0 aliphatic carbocycles. The minimum Gasteiger partial charge on any atom is -0.395 e. The third-order valence-corrected chi connectivity index (χ3v) is 2.98. The Hall–Kier alpha value is -0.770. The lowest BCUT2D eigenvalue weighted by Gasteiger charge is -2.22. The highest BCUT2D eigenvalue weighted by atomic mass is 35.5. The van der Waals surface area contributed by atoms with Crippen LogP contribution in [0.25, 0.3) is 0 Å². The predicted molar refractivity (Wildman–Crippen MR) is 78.4 cm³/mol. The number of hydrogen-bond donors (Lipinski definition) is 2. The molecule has 0 atom stereocenters. The Morgan fingerprint density at radius 3 is 2.50 bits per heavy atom. The van der Waals surface area contributed by atoms with Crippen LogP contribution in [0, 0.1) is 0 Å². The van der Waals surface area contributed by atoms with E-state index in [4.69, 9.17) is 16.7 Å². The van der Waals surface area contributed by atoms with Crippen LogP contribution in [-0.4, -0.2) is 30.8 Å². The van der Waals surface area contributed by atoms with Gasteiger partial charge in [-0.25, -0.2) is 0 Å². The van der Waals surface area contributed by atoms with E-state index in [9.17, 15) is 0 Å². The molecule has 0 aliphatic heterocycles. The lowest BCUT2D eigenvalue weighted by molar-refractivity contribution is 0.304. The van der Waals surface area contributed by atoms with Crippen molar-refractivity contribution in [3.05, 3.63) is 28.8 Å². The maximum Gasteiger partial charge on any atom is 0.0642 e. The first kappa shape index (κ1) is 15.3. The summed E-state index contributed by atoms with van der Waals surface area (Å²) < 4.78 is 0. The van der Waals surface area contributed by atoms with Gasteiger partial charge in [0, 0.05) is 25.7 Å². The molecule has 3 nitrogen and oxygen atoms in total. The fourth-order valence-electron chi connectivity index (χ4n) is 1.61. The number of aliphatic hydroxyl groups excluding tert-OH is 1. The first-order chi connectivity index (χ1) is 8.33. The van der Waals surface area contributed by atoms with E-state index < -0.39 is 0 Å². The quantitative estimate of drug-likeness (QED) is 0.864. The van der Waals surface area contributed by atoms with E-state index >= 15 is 0 Å². The Labute approximate surface area is 115 Å². The van der Waals surface area contributed by atoms with Gasteiger partial charge in [-0.2, -0.15) is 0 Å². The van der Waals surface area contributed by atoms with Gasteiger partial charge in [-0.1, -0.05) is 17.7 Å². The zero-order chi connectivity index (χ0) is 13.8. The van der Waals surface area contributed by atoms with Crippen LogP contribution in [0.3, 0.4) is 0 Å². The molecule has 0 radical (unpaired) electrons. The molecule has 0 bridgehead atoms. The number of nitrogens with one attached hydrogen (secondary N) is 1. The second-order valence-corrected chi connectivity index (χ2v) is 5.94. The summed E-state index contributed by atoms with van der Waals surface area (Å²) in [5.74, 6) is 0. The molecular weight excluding hydrogens is 248 g/mol. The zero-order valence-electron chi connectivity index (χ0n) is 11.6. The van der Waals surface area contributed by atoms with Gasteiger partial charge in [-0.05, 0) is 38.5 Å². The molecule has 2 N–H and O–H groups in total. The Kier molecular flexibility index (Phi) is 5.45. The molecule has 4 heteroatoms. The van der Waals surface area contributed by atoms with Crippen LogP contribution in [0.5, 0.6) is 0 Å². The summed E-state index contributed by atoms with van der Waals surface area (Å²) in [6, 6.07) is 6.04. The molecule has 1 rings (SSSR count). The average molecular weight is 271 g/mol. The Morgan fingerprint density at radius 2 is 2.00 bits per heavy atom. The van der Waals surface area contributed by atoms with Crippen molar-refractivity contribution in [2.24, 2.45) is 0 Å². The number of likely N-dealkylation sites (N-methyl/N-ethyl adjacent to an activating group) is 1. The van der Waals surface area contributed by atoms with Gasteiger partial charge in [0.1, 0.15) is 0 Å². The fourth-order valence-corrected chi connectivity index (χ4v) is 1.96. The van der Waals surface area contributed by atoms with E-state index in [1.54, 1.807) is 0 Å². The van der Waals surface area contributed by atoms with Gasteiger partial charge < -0.3 is 15.3 Å². The molecule has 0 heterocycles. The molecule has 102 valence electrons. The van der Waals surface area contributed by atoms with Crippen molar-refractivity contribution in [3.8, 4) is 0 Å². The molecule has 1 aromatic carbocycles. The van der Waals surface area contributed by atoms with Crippen LogP contribution in [-0.2, 0) is 6.54 Å². The summed E-state index contributed by atoms with van der Waals surface area (Å²) in [4.78, 5) is 1.95. The number of halogens is 1. The molecule has 18 heavy (non-hydrogen) atoms. The van der Waals surface area contributed by atoms with Crippen molar-refractivity contribution in [1.82, 2.24) is 5.32 Å². The van der Waals surface area contributed by atoms with Crippen molar-refractivity contribution in [2.45, 2.75) is 32.9 Å². The van der Waals surface area contributed by atoms with E-state index in [-0.39, 0.29) is 12.1 Å². The van der Waals surface area contributed by atoms with E-state index in [1.807, 2.05) is 24.1 Å². The number of aliphatic hydroxyl groups is 1. The lowest BCUT2D eigenvalue weighted by Crippen LogP contribution is -2.35. The summed E-state index contributed by atoms with van der Waals surface area (Å²) in [6.45, 7) is 7.92. The first-order valence-electron chi connectivity index (χ1n) is 6.19. The maximum atomic E-state index is 8.92. The molecule has 0 aliphatic rings. The minimum absolute atomic E-state index is 0.0961. The standard InChI is InChI=1S/C14H23ClN2O/c1-14(2,3)16-10-11-5-6-13(12(15)9-11)17(4)7-8-18/h5-6,9,16,18H,7-8,10H2,1-4H3. The highest BCUT2D eigenvalue weighted by Gasteiger charge is 2.10. The number of anilines is 1. The maximum absolute atomic E-state index is 8.92. The zero-order valence-corrected chi connectivity index (χ0v) is 12.4. The molecule has 0 amide bonds. The Balaban J connectivity index is 2.73. The van der Waals surface area contributed by atoms with Crippen molar-refractivity contribution < 1.29 is 5.11 Å². The van der Waals surface area contributed by atoms with Crippen LogP contribution in [0.4, 0.5) is 5.69 Å². The van der Waals surface area contributed by atoms with Gasteiger partial charge in [-0.3, -0.25) is 0 Å². The first-order valence-corrected chi connectivity index (χ1v) is 6.57. The summed E-state index contributed by atoms with van der Waals surface area (Å²) in [5.41, 5.74) is 2.21. The molecule has 0 fully saturated rings. The highest BCUT2D eigenvalue weighted by Crippen LogP contribution is 2.26. The van der Waals surface area contributed by atoms with E-state index in [2.05, 4.69) is 32.2 Å². The lowest BCUT2D eigenvalue weighted by atomic mass is 10.1. The largest absolute Gasteiger partial charge is 0.395 e. The molecule has 1 aromatic rings. The van der Waals surface area contributed by atoms with E-state index in [0.29, 0.717) is 6.54 Å². The van der Waals surface area contributed by atoms with Crippen LogP contribution < -0.4 is 10.2 Å². The van der Waals surface area contributed by atoms with Crippen LogP contribution in [0.1, 0.15) is 26.3 Å². The summed E-state index contributed by atoms with van der Waals surface area (Å²) in [7, 11) is 1.92. The summed E-state index contributed by atoms with van der Waals surface area (Å²) in [5, 5.41) is 13.1. The monoisotopic (exact) mass is 270 g/mol. The predicted octanol–water partition coefficient (Wildman–Crippen LogP) is 2.66. The SMILES string of the molecule is CN(CCO)c1ccc(CNC(C)(C)C)cc1Cl. The summed E-state index contributed by atoms with van der Waals surface area (Å²) in [6.07, 6.45) is 0. The Morgan fingerprint density at radius 1 is 1.33 bits per heavy atom. The normalized spacial score (nSPS) is 11.7. The van der Waals surface area contributed by atoms with Crippen molar-refractivity contribution in [3.63, 3.8) is 0 Å². The third kappa shape index (κ3) is 4.84. The van der Waals surface area contributed by atoms with Gasteiger partial charge in [0.25, 0.3) is 0 Å². The van der Waals surface area contributed by atoms with Crippen LogP contribution >= 0.6 is 11.6 Å². The van der Waals surface area contributed by atoms with Gasteiger partial charge >= 0.3 is 0 Å². The van der Waals surface area contributed by atoms with Gasteiger partial charge in [0.15, 0.2) is 0 Å². The summed E-state index contributed by atoms with van der Waals surface area (Å²) >= 11 is 6.26. The number of rotatable bonds is 5. The average Bonchev–Trinajstić information content (AvgIpc) is 2.25. The fraction of sp³-hybridized carbons (Fsp3) is 0.571. The van der Waals surface area contributed by atoms with Crippen LogP contribution in [0.15, 0.2) is 18.2 Å². The number of nitrogens with zero attached hydrogens (tertiary/aromatic N) is 1.